The number of nitrogens with zero attached hydrogens (tertiary/aromatic N) is 2. The number of halogens is 1. The molecular weight excluding hydrogens is 335 g/mol. The van der Waals surface area contributed by atoms with E-state index in [-0.39, 0.29) is 18.3 Å². The van der Waals surface area contributed by atoms with Gasteiger partial charge < -0.3 is 26.0 Å². The third-order valence-corrected chi connectivity index (χ3v) is 4.08. The SMILES string of the molecule is CC(C)C(N)C(=O)O[C@H]1[C@@H](F)[C@H](Cn2ccc(N)nc2=O)O[C@@H]1CO. The number of aliphatic hydroxyl groups is 1. The average molecular weight is 358 g/mol. The molecule has 0 aromatic carbocycles. The first-order chi connectivity index (χ1) is 11.7. The molecule has 1 saturated heterocycles. The summed E-state index contributed by atoms with van der Waals surface area (Å²) in [5.74, 6) is -0.902. The van der Waals surface area contributed by atoms with Crippen LogP contribution < -0.4 is 17.2 Å². The molecule has 25 heavy (non-hydrogen) atoms. The van der Waals surface area contributed by atoms with Gasteiger partial charge in [-0.25, -0.2) is 9.18 Å². The first-order valence-electron chi connectivity index (χ1n) is 7.94. The number of nitrogen functional groups attached to an aromatic ring is 1. The number of anilines is 1. The fourth-order valence-corrected chi connectivity index (χ4v) is 2.48. The van der Waals surface area contributed by atoms with Crippen molar-refractivity contribution in [1.82, 2.24) is 9.55 Å². The van der Waals surface area contributed by atoms with E-state index in [0.29, 0.717) is 0 Å². The topological polar surface area (TPSA) is 143 Å². The number of carbonyl (C=O) groups is 1. The summed E-state index contributed by atoms with van der Waals surface area (Å²) in [6.07, 6.45) is -3.80. The van der Waals surface area contributed by atoms with Crippen LogP contribution in [0.4, 0.5) is 10.2 Å². The van der Waals surface area contributed by atoms with E-state index in [2.05, 4.69) is 4.98 Å². The van der Waals surface area contributed by atoms with E-state index in [4.69, 9.17) is 20.9 Å². The Morgan fingerprint density at radius 2 is 2.20 bits per heavy atom. The number of aromatic nitrogens is 2. The zero-order chi connectivity index (χ0) is 18.7. The predicted molar refractivity (Wildman–Crippen MR) is 86.2 cm³/mol. The van der Waals surface area contributed by atoms with Crippen LogP contribution in [0.25, 0.3) is 0 Å². The molecule has 10 heteroatoms. The highest BCUT2D eigenvalue weighted by atomic mass is 19.1. The van der Waals surface area contributed by atoms with Crippen LogP contribution >= 0.6 is 0 Å². The molecule has 0 radical (unpaired) electrons. The second-order valence-corrected chi connectivity index (χ2v) is 6.30. The third kappa shape index (κ3) is 4.33. The first-order valence-corrected chi connectivity index (χ1v) is 7.94. The van der Waals surface area contributed by atoms with Crippen LogP contribution in [0.15, 0.2) is 17.1 Å². The summed E-state index contributed by atoms with van der Waals surface area (Å²) in [4.78, 5) is 27.3. The molecule has 5 N–H and O–H groups in total. The zero-order valence-electron chi connectivity index (χ0n) is 14.0. The number of carbonyl (C=O) groups excluding carboxylic acids is 1. The largest absolute Gasteiger partial charge is 0.455 e. The smallest absolute Gasteiger partial charge is 0.349 e. The highest BCUT2D eigenvalue weighted by Gasteiger charge is 2.48. The Morgan fingerprint density at radius 3 is 2.76 bits per heavy atom. The fraction of sp³-hybridized carbons (Fsp3) is 0.667. The van der Waals surface area contributed by atoms with E-state index in [0.717, 1.165) is 4.57 Å². The monoisotopic (exact) mass is 358 g/mol. The minimum atomic E-state index is -1.73. The van der Waals surface area contributed by atoms with Crippen LogP contribution in [0.2, 0.25) is 0 Å². The zero-order valence-corrected chi connectivity index (χ0v) is 14.0. The van der Waals surface area contributed by atoms with Crippen molar-refractivity contribution in [3.8, 4) is 0 Å². The Kier molecular flexibility index (Phi) is 6.09. The van der Waals surface area contributed by atoms with Crippen molar-refractivity contribution in [1.29, 1.82) is 0 Å². The molecule has 2 heterocycles. The maximum Gasteiger partial charge on any atom is 0.349 e. The molecule has 1 aromatic rings. The van der Waals surface area contributed by atoms with E-state index in [1.54, 1.807) is 13.8 Å². The maximum atomic E-state index is 14.7. The van der Waals surface area contributed by atoms with Crippen LogP contribution in [0.1, 0.15) is 13.8 Å². The lowest BCUT2D eigenvalue weighted by atomic mass is 10.1. The van der Waals surface area contributed by atoms with Crippen molar-refractivity contribution >= 4 is 11.8 Å². The summed E-state index contributed by atoms with van der Waals surface area (Å²) in [5, 5.41) is 9.38. The van der Waals surface area contributed by atoms with Gasteiger partial charge in [-0.2, -0.15) is 4.98 Å². The predicted octanol–water partition coefficient (Wildman–Crippen LogP) is -1.18. The minimum Gasteiger partial charge on any atom is -0.455 e. The molecular formula is C15H23FN4O5. The molecule has 1 aromatic heterocycles. The lowest BCUT2D eigenvalue weighted by molar-refractivity contribution is -0.157. The third-order valence-electron chi connectivity index (χ3n) is 4.08. The number of hydrogen-bond acceptors (Lipinski definition) is 8. The number of nitrogens with two attached hydrogens (primary N) is 2. The Hall–Kier alpha value is -2.04. The fourth-order valence-electron chi connectivity index (χ4n) is 2.48. The van der Waals surface area contributed by atoms with Gasteiger partial charge in [-0.15, -0.1) is 0 Å². The van der Waals surface area contributed by atoms with Crippen LogP contribution in [-0.4, -0.2) is 57.8 Å². The molecule has 1 aliphatic heterocycles. The van der Waals surface area contributed by atoms with Crippen LogP contribution in [0.3, 0.4) is 0 Å². The Balaban J connectivity index is 2.10. The average Bonchev–Trinajstić information content (AvgIpc) is 2.85. The Labute approximate surface area is 143 Å². The van der Waals surface area contributed by atoms with Crippen molar-refractivity contribution in [2.24, 2.45) is 11.7 Å². The van der Waals surface area contributed by atoms with Crippen molar-refractivity contribution in [3.63, 3.8) is 0 Å². The van der Waals surface area contributed by atoms with Gasteiger partial charge in [0.05, 0.1) is 13.2 Å². The Bertz CT molecular complexity index is 668. The molecule has 1 unspecified atom stereocenters. The van der Waals surface area contributed by atoms with E-state index < -0.39 is 48.8 Å². The lowest BCUT2D eigenvalue weighted by Crippen LogP contribution is -2.44. The lowest BCUT2D eigenvalue weighted by Gasteiger charge is -2.22. The van der Waals surface area contributed by atoms with Crippen molar-refractivity contribution in [3.05, 3.63) is 22.7 Å². The standard InChI is InChI=1S/C15H23FN4O5/c1-7(2)12(18)14(22)25-13-9(6-21)24-8(11(13)16)5-20-4-3-10(17)19-15(20)23/h3-4,7-9,11-13,21H,5-6,18H2,1-2H3,(H2,17,19,23)/t8-,9+,11-,12?,13+/m0/s1. The summed E-state index contributed by atoms with van der Waals surface area (Å²) in [6, 6.07) is 0.487. The highest BCUT2D eigenvalue weighted by Crippen LogP contribution is 2.28. The summed E-state index contributed by atoms with van der Waals surface area (Å²) in [6.45, 7) is 2.77. The maximum absolute atomic E-state index is 14.7. The van der Waals surface area contributed by atoms with Gasteiger partial charge in [0.1, 0.15) is 24.1 Å². The van der Waals surface area contributed by atoms with Gasteiger partial charge in [0.2, 0.25) is 0 Å². The van der Waals surface area contributed by atoms with Gasteiger partial charge in [-0.1, -0.05) is 13.8 Å². The van der Waals surface area contributed by atoms with Crippen molar-refractivity contribution < 1.29 is 23.8 Å². The van der Waals surface area contributed by atoms with Gasteiger partial charge in [0.15, 0.2) is 12.3 Å². The van der Waals surface area contributed by atoms with Gasteiger partial charge in [0.25, 0.3) is 0 Å². The van der Waals surface area contributed by atoms with Crippen LogP contribution in [-0.2, 0) is 20.8 Å². The first kappa shape index (κ1) is 19.3. The van der Waals surface area contributed by atoms with Crippen LogP contribution in [0, 0.1) is 5.92 Å². The highest BCUT2D eigenvalue weighted by molar-refractivity contribution is 5.76. The van der Waals surface area contributed by atoms with E-state index >= 15 is 0 Å². The molecule has 140 valence electrons. The van der Waals surface area contributed by atoms with Crippen molar-refractivity contribution in [2.45, 2.75) is 50.9 Å². The molecule has 1 fully saturated rings. The van der Waals surface area contributed by atoms with E-state index in [9.17, 15) is 19.1 Å². The van der Waals surface area contributed by atoms with Gasteiger partial charge in [0, 0.05) is 6.20 Å². The quantitative estimate of drug-likeness (QED) is 0.539. The molecule has 0 amide bonds. The summed E-state index contributed by atoms with van der Waals surface area (Å²) in [7, 11) is 0. The number of esters is 1. The van der Waals surface area contributed by atoms with Gasteiger partial charge in [-0.05, 0) is 12.0 Å². The van der Waals surface area contributed by atoms with Gasteiger partial charge in [-0.3, -0.25) is 9.36 Å². The molecule has 1 aliphatic rings. The number of ether oxygens (including phenoxy) is 2. The summed E-state index contributed by atoms with van der Waals surface area (Å²) in [5.41, 5.74) is 10.4. The molecule has 0 spiro atoms. The molecule has 0 aliphatic carbocycles. The molecule has 5 atom stereocenters. The second-order valence-electron chi connectivity index (χ2n) is 6.30. The molecule has 2 rings (SSSR count). The number of rotatable bonds is 6. The Morgan fingerprint density at radius 1 is 1.52 bits per heavy atom. The second kappa shape index (κ2) is 7.89. The van der Waals surface area contributed by atoms with Crippen molar-refractivity contribution in [2.75, 3.05) is 12.3 Å². The molecule has 0 saturated carbocycles. The number of hydrogen-bond donors (Lipinski definition) is 3. The van der Waals surface area contributed by atoms with Gasteiger partial charge >= 0.3 is 11.7 Å². The van der Waals surface area contributed by atoms with E-state index in [1.165, 1.54) is 12.3 Å². The van der Waals surface area contributed by atoms with E-state index in [1.807, 2.05) is 0 Å². The summed E-state index contributed by atoms with van der Waals surface area (Å²) < 4.78 is 26.4. The minimum absolute atomic E-state index is 0.0492. The number of alkyl halides is 1. The molecule has 0 bridgehead atoms. The summed E-state index contributed by atoms with van der Waals surface area (Å²) >= 11 is 0. The van der Waals surface area contributed by atoms with Crippen LogP contribution in [0.5, 0.6) is 0 Å². The number of aliphatic hydroxyl groups excluding tert-OH is 1. The normalized spacial score (nSPS) is 27.4. The molecule has 9 nitrogen and oxygen atoms in total.